The largest absolute Gasteiger partial charge is 0.413 e. The Morgan fingerprint density at radius 2 is 1.90 bits per heavy atom. The van der Waals surface area contributed by atoms with Crippen molar-refractivity contribution in [3.8, 4) is 0 Å². The van der Waals surface area contributed by atoms with E-state index in [9.17, 15) is 13.2 Å². The minimum absolute atomic E-state index is 0.671. The fourth-order valence-corrected chi connectivity index (χ4v) is 0.596. The fraction of sp³-hybridized carbons (Fsp3) is 1.00. The molecule has 2 nitrogen and oxygen atoms in total. The first-order chi connectivity index (χ1) is 4.42. The van der Waals surface area contributed by atoms with E-state index < -0.39 is 12.8 Å². The van der Waals surface area contributed by atoms with E-state index in [1.165, 1.54) is 4.31 Å². The van der Waals surface area contributed by atoms with E-state index in [0.29, 0.717) is 12.2 Å². The van der Waals surface area contributed by atoms with Crippen LogP contribution in [0.5, 0.6) is 0 Å². The summed E-state index contributed by atoms with van der Waals surface area (Å²) in [5.41, 5.74) is 0. The van der Waals surface area contributed by atoms with Crippen LogP contribution in [0.1, 0.15) is 0 Å². The number of rotatable bonds is 3. The molecule has 0 atom stereocenters. The Morgan fingerprint density at radius 1 is 1.40 bits per heavy atom. The lowest BCUT2D eigenvalue weighted by Gasteiger charge is -2.09. The topological polar surface area (TPSA) is 12.5 Å². The van der Waals surface area contributed by atoms with E-state index in [-0.39, 0.29) is 0 Å². The Kier molecular flexibility index (Phi) is 4.07. The Balaban J connectivity index is 3.21. The summed E-state index contributed by atoms with van der Waals surface area (Å²) < 4.78 is 39.7. The Morgan fingerprint density at radius 3 is 2.20 bits per heavy atom. The number of halogens is 3. The molecular weight excluding hydrogens is 167 g/mol. The minimum Gasteiger partial charge on any atom is -0.292 e. The van der Waals surface area contributed by atoms with Gasteiger partial charge in [-0.1, -0.05) is 0 Å². The highest BCUT2D eigenvalue weighted by Crippen LogP contribution is 2.18. The van der Waals surface area contributed by atoms with Gasteiger partial charge in [-0.05, 0) is 14.1 Å². The van der Waals surface area contributed by atoms with Crippen molar-refractivity contribution in [3.63, 3.8) is 0 Å². The highest BCUT2D eigenvalue weighted by Gasteiger charge is 2.27. The van der Waals surface area contributed by atoms with Gasteiger partial charge < -0.3 is 0 Å². The summed E-state index contributed by atoms with van der Waals surface area (Å²) >= 11 is 0.671. The smallest absolute Gasteiger partial charge is 0.292 e. The van der Waals surface area contributed by atoms with Crippen LogP contribution in [0.25, 0.3) is 0 Å². The summed E-state index contributed by atoms with van der Waals surface area (Å²) in [4.78, 5) is 0. The SMILES string of the molecule is CN(C)SOCC(F)(F)F. The third kappa shape index (κ3) is 8.06. The van der Waals surface area contributed by atoms with Gasteiger partial charge in [-0.2, -0.15) is 13.2 Å². The van der Waals surface area contributed by atoms with Crippen LogP contribution in [0.4, 0.5) is 13.2 Å². The molecule has 0 aliphatic carbocycles. The molecule has 0 aromatic rings. The van der Waals surface area contributed by atoms with Crippen molar-refractivity contribution in [2.45, 2.75) is 6.18 Å². The van der Waals surface area contributed by atoms with Crippen molar-refractivity contribution in [2.75, 3.05) is 20.7 Å². The van der Waals surface area contributed by atoms with Crippen molar-refractivity contribution in [1.82, 2.24) is 4.31 Å². The maximum Gasteiger partial charge on any atom is 0.413 e. The lowest BCUT2D eigenvalue weighted by Crippen LogP contribution is -2.16. The van der Waals surface area contributed by atoms with Gasteiger partial charge in [0.05, 0.1) is 12.2 Å². The summed E-state index contributed by atoms with van der Waals surface area (Å²) in [7, 11) is 3.20. The first kappa shape index (κ1) is 10.1. The van der Waals surface area contributed by atoms with Crippen molar-refractivity contribution in [1.29, 1.82) is 0 Å². The summed E-state index contributed by atoms with van der Waals surface area (Å²) in [6, 6.07) is 0. The number of alkyl halides is 3. The molecule has 0 aromatic carbocycles. The number of hydrogen-bond donors (Lipinski definition) is 0. The Bertz CT molecular complexity index is 95.0. The van der Waals surface area contributed by atoms with Gasteiger partial charge in [0.1, 0.15) is 0 Å². The molecule has 0 aliphatic rings. The second-order valence-corrected chi connectivity index (χ2v) is 2.88. The van der Waals surface area contributed by atoms with Crippen LogP contribution in [0, 0.1) is 0 Å². The Labute approximate surface area is 61.7 Å². The second-order valence-electron chi connectivity index (χ2n) is 1.76. The molecule has 0 heterocycles. The zero-order valence-corrected chi connectivity index (χ0v) is 6.42. The third-order valence-electron chi connectivity index (χ3n) is 0.424. The molecule has 0 radical (unpaired) electrons. The van der Waals surface area contributed by atoms with Crippen LogP contribution in [-0.2, 0) is 4.18 Å². The predicted molar refractivity (Wildman–Crippen MR) is 33.3 cm³/mol. The molecule has 0 amide bonds. The van der Waals surface area contributed by atoms with Crippen LogP contribution in [0.2, 0.25) is 0 Å². The van der Waals surface area contributed by atoms with Crippen molar-refractivity contribution >= 4 is 12.2 Å². The molecule has 0 unspecified atom stereocenters. The molecule has 6 heteroatoms. The van der Waals surface area contributed by atoms with Crippen LogP contribution in [0.15, 0.2) is 0 Å². The van der Waals surface area contributed by atoms with Gasteiger partial charge in [0.25, 0.3) is 0 Å². The highest BCUT2D eigenvalue weighted by atomic mass is 32.2. The zero-order chi connectivity index (χ0) is 8.20. The van der Waals surface area contributed by atoms with Crippen LogP contribution in [-0.4, -0.2) is 31.2 Å². The van der Waals surface area contributed by atoms with E-state index >= 15 is 0 Å². The van der Waals surface area contributed by atoms with E-state index in [2.05, 4.69) is 4.18 Å². The van der Waals surface area contributed by atoms with Crippen molar-refractivity contribution < 1.29 is 17.4 Å². The summed E-state index contributed by atoms with van der Waals surface area (Å²) in [6.07, 6.45) is -4.23. The van der Waals surface area contributed by atoms with Gasteiger partial charge >= 0.3 is 6.18 Å². The average molecular weight is 175 g/mol. The van der Waals surface area contributed by atoms with Crippen molar-refractivity contribution in [2.24, 2.45) is 0 Å². The molecule has 0 spiro atoms. The van der Waals surface area contributed by atoms with Gasteiger partial charge in [-0.15, -0.1) is 0 Å². The van der Waals surface area contributed by atoms with Gasteiger partial charge in [-0.3, -0.25) is 4.18 Å². The van der Waals surface area contributed by atoms with Gasteiger partial charge in [0.15, 0.2) is 6.61 Å². The standard InChI is InChI=1S/C4H8F3NOS/c1-8(2)10-9-3-4(5,6)7/h3H2,1-2H3. The summed E-state index contributed by atoms with van der Waals surface area (Å²) in [6.45, 7) is -1.21. The molecule has 0 aromatic heterocycles. The molecule has 0 rings (SSSR count). The van der Waals surface area contributed by atoms with E-state index in [0.717, 1.165) is 0 Å². The molecule has 0 saturated heterocycles. The van der Waals surface area contributed by atoms with Crippen LogP contribution in [0.3, 0.4) is 0 Å². The van der Waals surface area contributed by atoms with Gasteiger partial charge in [-0.25, -0.2) is 4.31 Å². The molecule has 0 N–H and O–H groups in total. The highest BCUT2D eigenvalue weighted by molar-refractivity contribution is 7.92. The molecule has 10 heavy (non-hydrogen) atoms. The van der Waals surface area contributed by atoms with Crippen molar-refractivity contribution in [3.05, 3.63) is 0 Å². The predicted octanol–water partition coefficient (Wildman–Crippen LogP) is 1.69. The maximum absolute atomic E-state index is 11.3. The fourth-order valence-electron chi connectivity index (χ4n) is 0.199. The first-order valence-electron chi connectivity index (χ1n) is 2.45. The number of nitrogens with zero attached hydrogens (tertiary/aromatic N) is 1. The second kappa shape index (κ2) is 4.05. The lowest BCUT2D eigenvalue weighted by molar-refractivity contribution is -0.151. The molecular formula is C4H8F3NOS. The first-order valence-corrected chi connectivity index (χ1v) is 3.15. The molecule has 0 bridgehead atoms. The van der Waals surface area contributed by atoms with Gasteiger partial charge in [0.2, 0.25) is 0 Å². The zero-order valence-electron chi connectivity index (χ0n) is 5.60. The molecule has 0 saturated carbocycles. The maximum atomic E-state index is 11.3. The monoisotopic (exact) mass is 175 g/mol. The quantitative estimate of drug-likeness (QED) is 0.478. The number of hydrogen-bond acceptors (Lipinski definition) is 3. The van der Waals surface area contributed by atoms with Crippen LogP contribution >= 0.6 is 12.2 Å². The Hall–Kier alpha value is 0.0600. The molecule has 0 fully saturated rings. The molecule has 62 valence electrons. The summed E-state index contributed by atoms with van der Waals surface area (Å²) in [5, 5.41) is 0. The normalized spacial score (nSPS) is 12.6. The van der Waals surface area contributed by atoms with Crippen LogP contribution < -0.4 is 0 Å². The average Bonchev–Trinajstić information content (AvgIpc) is 1.59. The molecule has 0 aliphatic heterocycles. The van der Waals surface area contributed by atoms with E-state index in [1.54, 1.807) is 14.1 Å². The third-order valence-corrected chi connectivity index (χ3v) is 0.946. The summed E-state index contributed by atoms with van der Waals surface area (Å²) in [5.74, 6) is 0. The minimum atomic E-state index is -4.23. The van der Waals surface area contributed by atoms with E-state index in [1.807, 2.05) is 0 Å². The van der Waals surface area contributed by atoms with Gasteiger partial charge in [0, 0.05) is 0 Å². The lowest BCUT2D eigenvalue weighted by atomic mass is 10.7. The van der Waals surface area contributed by atoms with E-state index in [4.69, 9.17) is 0 Å².